The molecule has 1 saturated carbocycles. The first-order chi connectivity index (χ1) is 18.7. The lowest BCUT2D eigenvalue weighted by Gasteiger charge is -2.23. The normalized spacial score (nSPS) is 24.4. The van der Waals surface area contributed by atoms with Crippen molar-refractivity contribution < 1.29 is 14.3 Å². The molecule has 38 heavy (non-hydrogen) atoms. The zero-order valence-electron chi connectivity index (χ0n) is 21.9. The molecule has 6 nitrogen and oxygen atoms in total. The number of carbonyl (C=O) groups is 1. The number of benzene rings is 2. The Hall–Kier alpha value is -2.87. The summed E-state index contributed by atoms with van der Waals surface area (Å²) < 4.78 is 14.7. The third-order valence-electron chi connectivity index (χ3n) is 8.11. The number of carbonyl (C=O) groups excluding carboxylic acids is 1. The zero-order chi connectivity index (χ0) is 26.0. The van der Waals surface area contributed by atoms with Crippen LogP contribution in [0.4, 0.5) is 0 Å². The van der Waals surface area contributed by atoms with Crippen LogP contribution in [-0.4, -0.2) is 59.0 Å². The number of rotatable bonds is 9. The van der Waals surface area contributed by atoms with E-state index < -0.39 is 0 Å². The molecule has 3 aromatic rings. The fourth-order valence-electron chi connectivity index (χ4n) is 5.86. The highest BCUT2D eigenvalue weighted by Gasteiger charge is 2.54. The molecule has 0 radical (unpaired) electrons. The highest BCUT2D eigenvalue weighted by Crippen LogP contribution is 2.50. The molecule has 3 heterocycles. The summed E-state index contributed by atoms with van der Waals surface area (Å²) in [6.45, 7) is 2.19. The standard InChI is InChI=1S/C31H35N3O3S/c1-36-28-20-33(30(35)31(15-16-31)24-10-3-2-4-11-24)21-29(28)37-25-12-7-9-23(19-25)22-38-34-18-8-14-27(34)26-13-5-6-17-32-26/h2-7,9-13,17,19,27-29H,8,14-16,18,20-22H2,1H3. The molecule has 0 spiro atoms. The van der Waals surface area contributed by atoms with E-state index in [1.807, 2.05) is 53.4 Å². The lowest BCUT2D eigenvalue weighted by atomic mass is 9.94. The van der Waals surface area contributed by atoms with Gasteiger partial charge in [0.25, 0.3) is 0 Å². The second-order valence-electron chi connectivity index (χ2n) is 10.6. The summed E-state index contributed by atoms with van der Waals surface area (Å²) in [5.41, 5.74) is 3.13. The molecule has 1 aliphatic carbocycles. The number of nitrogens with zero attached hydrogens (tertiary/aromatic N) is 3. The van der Waals surface area contributed by atoms with Crippen molar-refractivity contribution in [3.8, 4) is 5.75 Å². The van der Waals surface area contributed by atoms with Crippen LogP contribution < -0.4 is 4.74 Å². The third kappa shape index (κ3) is 5.20. The second-order valence-corrected chi connectivity index (χ2v) is 11.6. The van der Waals surface area contributed by atoms with E-state index in [1.54, 1.807) is 7.11 Å². The smallest absolute Gasteiger partial charge is 0.233 e. The molecule has 0 bridgehead atoms. The summed E-state index contributed by atoms with van der Waals surface area (Å²) in [4.78, 5) is 20.1. The number of likely N-dealkylation sites (tertiary alicyclic amines) is 1. The quantitative estimate of drug-likeness (QED) is 0.346. The average Bonchev–Trinajstić information content (AvgIpc) is 3.47. The van der Waals surface area contributed by atoms with Gasteiger partial charge >= 0.3 is 0 Å². The van der Waals surface area contributed by atoms with E-state index in [0.29, 0.717) is 19.1 Å². The molecule has 1 amide bonds. The molecule has 1 aromatic heterocycles. The Labute approximate surface area is 229 Å². The number of amides is 1. The second kappa shape index (κ2) is 11.1. The fourth-order valence-corrected chi connectivity index (χ4v) is 7.01. The monoisotopic (exact) mass is 529 g/mol. The first kappa shape index (κ1) is 25.4. The largest absolute Gasteiger partial charge is 0.486 e. The van der Waals surface area contributed by atoms with Crippen LogP contribution >= 0.6 is 11.9 Å². The predicted octanol–water partition coefficient (Wildman–Crippen LogP) is 5.40. The Morgan fingerprint density at radius 3 is 2.61 bits per heavy atom. The molecule has 6 rings (SSSR count). The van der Waals surface area contributed by atoms with Crippen LogP contribution in [0.5, 0.6) is 5.75 Å². The van der Waals surface area contributed by atoms with Crippen LogP contribution in [0.2, 0.25) is 0 Å². The maximum absolute atomic E-state index is 13.6. The molecule has 7 heteroatoms. The van der Waals surface area contributed by atoms with Crippen molar-refractivity contribution in [2.45, 2.75) is 55.1 Å². The van der Waals surface area contributed by atoms with E-state index in [9.17, 15) is 4.79 Å². The van der Waals surface area contributed by atoms with E-state index >= 15 is 0 Å². The fraction of sp³-hybridized carbons (Fsp3) is 0.419. The lowest BCUT2D eigenvalue weighted by molar-refractivity contribution is -0.133. The van der Waals surface area contributed by atoms with Crippen LogP contribution in [0.3, 0.4) is 0 Å². The van der Waals surface area contributed by atoms with Crippen LogP contribution in [0.15, 0.2) is 79.0 Å². The minimum Gasteiger partial charge on any atom is -0.486 e. The van der Waals surface area contributed by atoms with Gasteiger partial charge in [-0.05, 0) is 61.1 Å². The molecule has 3 fully saturated rings. The highest BCUT2D eigenvalue weighted by molar-refractivity contribution is 7.96. The minimum absolute atomic E-state index is 0.146. The van der Waals surface area contributed by atoms with Gasteiger partial charge in [-0.25, -0.2) is 4.31 Å². The molecule has 2 aromatic carbocycles. The number of pyridine rings is 1. The van der Waals surface area contributed by atoms with Crippen molar-refractivity contribution in [3.63, 3.8) is 0 Å². The summed E-state index contributed by atoms with van der Waals surface area (Å²) in [7, 11) is 1.71. The number of aromatic nitrogens is 1. The number of methoxy groups -OCH3 is 1. The minimum atomic E-state index is -0.367. The number of ether oxygens (including phenoxy) is 2. The van der Waals surface area contributed by atoms with Crippen LogP contribution in [0.25, 0.3) is 0 Å². The molecular weight excluding hydrogens is 494 g/mol. The van der Waals surface area contributed by atoms with Gasteiger partial charge in [0.2, 0.25) is 5.91 Å². The van der Waals surface area contributed by atoms with Gasteiger partial charge in [0, 0.05) is 25.6 Å². The number of hydrogen-bond acceptors (Lipinski definition) is 6. The first-order valence-corrected chi connectivity index (χ1v) is 14.5. The van der Waals surface area contributed by atoms with Gasteiger partial charge in [-0.15, -0.1) is 0 Å². The summed E-state index contributed by atoms with van der Waals surface area (Å²) in [6.07, 6.45) is 5.71. The molecule has 3 unspecified atom stereocenters. The van der Waals surface area contributed by atoms with Gasteiger partial charge in [0.15, 0.2) is 0 Å². The van der Waals surface area contributed by atoms with Gasteiger partial charge in [0.05, 0.1) is 30.2 Å². The third-order valence-corrected chi connectivity index (χ3v) is 9.34. The Balaban J connectivity index is 1.08. The SMILES string of the molecule is COC1CN(C(=O)C2(c3ccccc3)CC2)CC1Oc1cccc(CSN2CCCC2c2ccccn2)c1. The van der Waals surface area contributed by atoms with E-state index in [1.165, 1.54) is 12.0 Å². The number of hydrogen-bond donors (Lipinski definition) is 0. The molecule has 3 atom stereocenters. The van der Waals surface area contributed by atoms with E-state index in [2.05, 4.69) is 51.8 Å². The van der Waals surface area contributed by atoms with Crippen LogP contribution in [0, 0.1) is 0 Å². The van der Waals surface area contributed by atoms with Gasteiger partial charge in [-0.3, -0.25) is 9.78 Å². The first-order valence-electron chi connectivity index (χ1n) is 13.6. The van der Waals surface area contributed by atoms with Gasteiger partial charge < -0.3 is 14.4 Å². The van der Waals surface area contributed by atoms with Crippen molar-refractivity contribution in [1.29, 1.82) is 0 Å². The van der Waals surface area contributed by atoms with Gasteiger partial charge in [0.1, 0.15) is 18.0 Å². The van der Waals surface area contributed by atoms with Crippen molar-refractivity contribution in [1.82, 2.24) is 14.2 Å². The van der Waals surface area contributed by atoms with E-state index in [0.717, 1.165) is 48.6 Å². The Morgan fingerprint density at radius 1 is 1.03 bits per heavy atom. The van der Waals surface area contributed by atoms with E-state index in [4.69, 9.17) is 9.47 Å². The average molecular weight is 530 g/mol. The van der Waals surface area contributed by atoms with Crippen molar-refractivity contribution in [3.05, 3.63) is 95.8 Å². The predicted molar refractivity (Wildman–Crippen MR) is 150 cm³/mol. The maximum Gasteiger partial charge on any atom is 0.233 e. The van der Waals surface area contributed by atoms with E-state index in [-0.39, 0.29) is 23.5 Å². The van der Waals surface area contributed by atoms with Gasteiger partial charge in [-0.1, -0.05) is 60.5 Å². The van der Waals surface area contributed by atoms with Crippen molar-refractivity contribution in [2.24, 2.45) is 0 Å². The summed E-state index contributed by atoms with van der Waals surface area (Å²) in [5.74, 6) is 1.91. The van der Waals surface area contributed by atoms with Crippen LogP contribution in [-0.2, 0) is 20.7 Å². The maximum atomic E-state index is 13.6. The van der Waals surface area contributed by atoms with Crippen molar-refractivity contribution in [2.75, 3.05) is 26.7 Å². The molecule has 198 valence electrons. The molecule has 3 aliphatic rings. The highest BCUT2D eigenvalue weighted by atomic mass is 32.2. The van der Waals surface area contributed by atoms with Gasteiger partial charge in [-0.2, -0.15) is 0 Å². The summed E-state index contributed by atoms with van der Waals surface area (Å²) >= 11 is 1.87. The molecule has 2 saturated heterocycles. The van der Waals surface area contributed by atoms with Crippen LogP contribution in [0.1, 0.15) is 48.5 Å². The topological polar surface area (TPSA) is 54.9 Å². The lowest BCUT2D eigenvalue weighted by Crippen LogP contribution is -2.38. The Bertz CT molecular complexity index is 1240. The molecular formula is C31H35N3O3S. The Morgan fingerprint density at radius 2 is 1.84 bits per heavy atom. The Kier molecular flexibility index (Phi) is 7.41. The molecule has 0 N–H and O–H groups in total. The zero-order valence-corrected chi connectivity index (χ0v) is 22.7. The van der Waals surface area contributed by atoms with Crippen molar-refractivity contribution >= 4 is 17.9 Å². The summed E-state index contributed by atoms with van der Waals surface area (Å²) in [5, 5.41) is 0. The molecule has 2 aliphatic heterocycles. The summed E-state index contributed by atoms with van der Waals surface area (Å²) in [6, 6.07) is 25.1.